The summed E-state index contributed by atoms with van der Waals surface area (Å²) >= 11 is 1.34. The van der Waals surface area contributed by atoms with Gasteiger partial charge in [0.2, 0.25) is 5.91 Å². The highest BCUT2D eigenvalue weighted by atomic mass is 32.1. The van der Waals surface area contributed by atoms with Gasteiger partial charge in [0.05, 0.1) is 23.4 Å². The summed E-state index contributed by atoms with van der Waals surface area (Å²) in [5, 5.41) is 3.11. The van der Waals surface area contributed by atoms with Gasteiger partial charge in [-0.1, -0.05) is 12.1 Å². The van der Waals surface area contributed by atoms with Crippen molar-refractivity contribution >= 4 is 34.2 Å². The van der Waals surface area contributed by atoms with Crippen molar-refractivity contribution in [1.29, 1.82) is 0 Å². The summed E-state index contributed by atoms with van der Waals surface area (Å²) < 4.78 is 5.45. The van der Waals surface area contributed by atoms with E-state index in [-0.39, 0.29) is 6.54 Å². The molecule has 0 spiro atoms. The van der Waals surface area contributed by atoms with Gasteiger partial charge in [-0.2, -0.15) is 0 Å². The van der Waals surface area contributed by atoms with Gasteiger partial charge in [0.25, 0.3) is 11.8 Å². The zero-order valence-corrected chi connectivity index (χ0v) is 17.3. The molecule has 0 bridgehead atoms. The minimum Gasteiger partial charge on any atom is -0.494 e. The van der Waals surface area contributed by atoms with E-state index in [1.54, 1.807) is 24.3 Å². The normalized spacial score (nSPS) is 12.8. The van der Waals surface area contributed by atoms with E-state index in [1.807, 2.05) is 38.1 Å². The van der Waals surface area contributed by atoms with E-state index in [4.69, 9.17) is 4.74 Å². The minimum absolute atomic E-state index is 0.318. The molecule has 0 saturated heterocycles. The number of hydrogen-bond donors (Lipinski definition) is 1. The third-order valence-corrected chi connectivity index (χ3v) is 5.55. The van der Waals surface area contributed by atoms with Crippen LogP contribution in [0.15, 0.2) is 48.5 Å². The number of carbonyl (C=O) groups excluding carboxylic acids is 3. The summed E-state index contributed by atoms with van der Waals surface area (Å²) in [4.78, 5) is 43.7. The monoisotopic (exact) mass is 421 g/mol. The van der Waals surface area contributed by atoms with Crippen LogP contribution in [0.5, 0.6) is 5.75 Å². The standard InChI is InChI=1S/C22H19N3O4S/c1-3-29-15-10-8-14(9-11-15)19-13(2)30-22(24-19)23-18(26)12-25-20(27)16-6-4-5-7-17(16)21(25)28/h4-11H,3,12H2,1-2H3,(H,23,24,26). The molecule has 0 aliphatic carbocycles. The van der Waals surface area contributed by atoms with Gasteiger partial charge in [-0.05, 0) is 50.2 Å². The number of carbonyl (C=O) groups is 3. The van der Waals surface area contributed by atoms with Gasteiger partial charge in [-0.3, -0.25) is 19.3 Å². The van der Waals surface area contributed by atoms with Crippen molar-refractivity contribution in [1.82, 2.24) is 9.88 Å². The lowest BCUT2D eigenvalue weighted by molar-refractivity contribution is -0.116. The fraction of sp³-hybridized carbons (Fsp3) is 0.182. The lowest BCUT2D eigenvalue weighted by Crippen LogP contribution is -2.37. The average molecular weight is 421 g/mol. The van der Waals surface area contributed by atoms with E-state index < -0.39 is 17.7 Å². The van der Waals surface area contributed by atoms with Crippen LogP contribution in [0.4, 0.5) is 5.13 Å². The Morgan fingerprint density at radius 1 is 1.07 bits per heavy atom. The molecule has 1 aliphatic heterocycles. The molecule has 8 heteroatoms. The predicted octanol–water partition coefficient (Wildman–Crippen LogP) is 3.75. The summed E-state index contributed by atoms with van der Waals surface area (Å²) in [5.74, 6) is -0.618. The van der Waals surface area contributed by atoms with Crippen LogP contribution in [0.2, 0.25) is 0 Å². The Hall–Kier alpha value is -3.52. The SMILES string of the molecule is CCOc1ccc(-c2nc(NC(=O)CN3C(=O)c4ccccc4C3=O)sc2C)cc1. The van der Waals surface area contributed by atoms with Crippen molar-refractivity contribution in [2.45, 2.75) is 13.8 Å². The fourth-order valence-electron chi connectivity index (χ4n) is 3.28. The van der Waals surface area contributed by atoms with Crippen molar-refractivity contribution in [2.75, 3.05) is 18.5 Å². The van der Waals surface area contributed by atoms with E-state index >= 15 is 0 Å². The first-order valence-corrected chi connectivity index (χ1v) is 10.2. The van der Waals surface area contributed by atoms with Crippen LogP contribution in [-0.4, -0.2) is 40.8 Å². The highest BCUT2D eigenvalue weighted by Gasteiger charge is 2.36. The molecule has 3 aromatic rings. The van der Waals surface area contributed by atoms with Crippen LogP contribution in [-0.2, 0) is 4.79 Å². The number of thiazole rings is 1. The van der Waals surface area contributed by atoms with Crippen LogP contribution in [0.25, 0.3) is 11.3 Å². The number of rotatable bonds is 6. The number of nitrogens with one attached hydrogen (secondary N) is 1. The summed E-state index contributed by atoms with van der Waals surface area (Å²) in [7, 11) is 0. The Balaban J connectivity index is 1.45. The second-order valence-corrected chi connectivity index (χ2v) is 7.87. The second-order valence-electron chi connectivity index (χ2n) is 6.67. The van der Waals surface area contributed by atoms with Crippen molar-refractivity contribution in [2.24, 2.45) is 0 Å². The maximum Gasteiger partial charge on any atom is 0.262 e. The third kappa shape index (κ3) is 3.69. The molecule has 1 aromatic heterocycles. The van der Waals surface area contributed by atoms with E-state index in [1.165, 1.54) is 11.3 Å². The van der Waals surface area contributed by atoms with E-state index in [2.05, 4.69) is 10.3 Å². The molecular formula is C22H19N3O4S. The van der Waals surface area contributed by atoms with Crippen LogP contribution in [0.3, 0.4) is 0 Å². The predicted molar refractivity (Wildman–Crippen MR) is 114 cm³/mol. The number of anilines is 1. The molecule has 0 unspecified atom stereocenters. The molecule has 2 aromatic carbocycles. The Kier molecular flexibility index (Phi) is 5.33. The lowest BCUT2D eigenvalue weighted by Gasteiger charge is -2.12. The van der Waals surface area contributed by atoms with Crippen molar-refractivity contribution in [3.8, 4) is 17.0 Å². The van der Waals surface area contributed by atoms with Gasteiger partial charge >= 0.3 is 0 Å². The van der Waals surface area contributed by atoms with Crippen molar-refractivity contribution in [3.05, 3.63) is 64.5 Å². The lowest BCUT2D eigenvalue weighted by atomic mass is 10.1. The quantitative estimate of drug-likeness (QED) is 0.613. The van der Waals surface area contributed by atoms with Gasteiger partial charge in [-0.25, -0.2) is 4.98 Å². The Bertz CT molecular complexity index is 1100. The van der Waals surface area contributed by atoms with Gasteiger partial charge in [0.1, 0.15) is 12.3 Å². The van der Waals surface area contributed by atoms with Gasteiger partial charge in [-0.15, -0.1) is 11.3 Å². The molecule has 0 radical (unpaired) electrons. The number of nitrogens with zero attached hydrogens (tertiary/aromatic N) is 2. The van der Waals surface area contributed by atoms with Crippen molar-refractivity contribution < 1.29 is 19.1 Å². The average Bonchev–Trinajstić information content (AvgIpc) is 3.21. The molecule has 4 rings (SSSR count). The maximum atomic E-state index is 12.5. The number of aryl methyl sites for hydroxylation is 1. The van der Waals surface area contributed by atoms with Crippen LogP contribution >= 0.6 is 11.3 Å². The number of aromatic nitrogens is 1. The Morgan fingerprint density at radius 3 is 2.30 bits per heavy atom. The number of imide groups is 1. The van der Waals surface area contributed by atoms with Crippen LogP contribution < -0.4 is 10.1 Å². The fourth-order valence-corrected chi connectivity index (χ4v) is 4.13. The minimum atomic E-state index is -0.475. The first-order chi connectivity index (χ1) is 14.5. The third-order valence-electron chi connectivity index (χ3n) is 4.66. The van der Waals surface area contributed by atoms with E-state index in [0.29, 0.717) is 22.9 Å². The number of fused-ring (bicyclic) bond motifs is 1. The Morgan fingerprint density at radius 2 is 1.70 bits per heavy atom. The molecule has 1 N–H and O–H groups in total. The number of amides is 3. The summed E-state index contributed by atoms with van der Waals surface area (Å²) in [6.07, 6.45) is 0. The highest BCUT2D eigenvalue weighted by molar-refractivity contribution is 7.16. The molecule has 30 heavy (non-hydrogen) atoms. The molecular weight excluding hydrogens is 402 g/mol. The molecule has 0 saturated carbocycles. The summed E-state index contributed by atoms with van der Waals surface area (Å²) in [6.45, 7) is 4.08. The molecule has 0 atom stereocenters. The maximum absolute atomic E-state index is 12.5. The number of ether oxygens (including phenoxy) is 1. The topological polar surface area (TPSA) is 88.6 Å². The smallest absolute Gasteiger partial charge is 0.262 e. The molecule has 7 nitrogen and oxygen atoms in total. The van der Waals surface area contributed by atoms with Crippen LogP contribution in [0, 0.1) is 6.92 Å². The second kappa shape index (κ2) is 8.08. The zero-order valence-electron chi connectivity index (χ0n) is 16.5. The molecule has 0 fully saturated rings. The molecule has 152 valence electrons. The van der Waals surface area contributed by atoms with Crippen LogP contribution in [0.1, 0.15) is 32.5 Å². The first-order valence-electron chi connectivity index (χ1n) is 9.43. The van der Waals surface area contributed by atoms with Crippen molar-refractivity contribution in [3.63, 3.8) is 0 Å². The molecule has 2 heterocycles. The van der Waals surface area contributed by atoms with Gasteiger partial charge < -0.3 is 10.1 Å². The molecule has 3 amide bonds. The van der Waals surface area contributed by atoms with Gasteiger partial charge in [0, 0.05) is 10.4 Å². The molecule has 1 aliphatic rings. The summed E-state index contributed by atoms with van der Waals surface area (Å²) in [5.41, 5.74) is 2.31. The zero-order chi connectivity index (χ0) is 21.3. The Labute approximate surface area is 177 Å². The first kappa shape index (κ1) is 19.8. The summed E-state index contributed by atoms with van der Waals surface area (Å²) in [6, 6.07) is 14.1. The number of hydrogen-bond acceptors (Lipinski definition) is 6. The van der Waals surface area contributed by atoms with E-state index in [0.717, 1.165) is 26.8 Å². The number of benzene rings is 2. The van der Waals surface area contributed by atoms with Gasteiger partial charge in [0.15, 0.2) is 5.13 Å². The largest absolute Gasteiger partial charge is 0.494 e. The highest BCUT2D eigenvalue weighted by Crippen LogP contribution is 2.31. The van der Waals surface area contributed by atoms with E-state index in [9.17, 15) is 14.4 Å².